The molecule has 0 radical (unpaired) electrons. The van der Waals surface area contributed by atoms with Gasteiger partial charge in [-0.15, -0.1) is 0 Å². The molecule has 1 aromatic heterocycles. The smallest absolute Gasteiger partial charge is 0.289 e. The molecule has 1 heterocycles. The lowest BCUT2D eigenvalue weighted by Gasteiger charge is -2.19. The van der Waals surface area contributed by atoms with E-state index in [1.165, 1.54) is 12.3 Å². The molecule has 0 spiro atoms. The zero-order valence-electron chi connectivity index (χ0n) is 15.4. The van der Waals surface area contributed by atoms with Gasteiger partial charge < -0.3 is 0 Å². The highest BCUT2D eigenvalue weighted by molar-refractivity contribution is 5.88. The second-order valence-electron chi connectivity index (χ2n) is 7.10. The van der Waals surface area contributed by atoms with Gasteiger partial charge in [-0.2, -0.15) is 13.9 Å². The summed E-state index contributed by atoms with van der Waals surface area (Å²) >= 11 is 0. The minimum atomic E-state index is -2.77. The first kappa shape index (κ1) is 19.2. The fraction of sp³-hybridized carbons (Fsp3) is 0.238. The number of nitrogens with zero attached hydrogens (tertiary/aromatic N) is 2. The van der Waals surface area contributed by atoms with Crippen molar-refractivity contribution in [1.82, 2.24) is 15.3 Å². The lowest BCUT2D eigenvalue weighted by Crippen LogP contribution is -2.30. The molecule has 1 amide bonds. The van der Waals surface area contributed by atoms with Gasteiger partial charge in [0.2, 0.25) is 5.91 Å². The topological polar surface area (TPSA) is 67.2 Å². The molecule has 4 rings (SSSR count). The second-order valence-corrected chi connectivity index (χ2v) is 7.10. The van der Waals surface area contributed by atoms with Gasteiger partial charge in [-0.25, -0.2) is 14.6 Å². The van der Waals surface area contributed by atoms with E-state index in [2.05, 4.69) is 5.10 Å². The number of fused-ring (bicyclic) bond motifs is 1. The predicted octanol–water partition coefficient (Wildman–Crippen LogP) is 4.57. The first-order valence-corrected chi connectivity index (χ1v) is 9.06. The number of hydroxylamine groups is 1. The van der Waals surface area contributed by atoms with Crippen molar-refractivity contribution < 1.29 is 23.2 Å². The second kappa shape index (κ2) is 7.36. The van der Waals surface area contributed by atoms with Crippen LogP contribution >= 0.6 is 0 Å². The molecule has 0 fully saturated rings. The molecule has 0 saturated carbocycles. The van der Waals surface area contributed by atoms with Crippen molar-refractivity contribution in [3.63, 3.8) is 0 Å². The van der Waals surface area contributed by atoms with Gasteiger partial charge in [0.25, 0.3) is 0 Å². The first-order valence-electron chi connectivity index (χ1n) is 9.06. The van der Waals surface area contributed by atoms with E-state index in [-0.39, 0.29) is 17.8 Å². The molecule has 2 aromatic carbocycles. The Morgan fingerprint density at radius 2 is 2.10 bits per heavy atom. The number of alkyl halides is 2. The van der Waals surface area contributed by atoms with Gasteiger partial charge in [-0.05, 0) is 47.7 Å². The summed E-state index contributed by atoms with van der Waals surface area (Å²) in [5, 5.41) is 13.4. The number of nitrogens with one attached hydrogen (secondary N) is 1. The normalized spacial score (nSPS) is 19.0. The number of carbonyl (C=O) groups excluding carboxylic acids is 1. The standard InChI is InChI=1S/C21H18F3N3O2/c1-11-15(3-2-4-18(11)22)16-7-14(8-17(16)20(28)26-29)12-5-6-13-10-25-27(21(23)24)19(13)9-12/h2-7,9-10,16-17,21,29H,8H2,1H3,(H,26,28). The third-order valence-electron chi connectivity index (χ3n) is 5.52. The summed E-state index contributed by atoms with van der Waals surface area (Å²) in [6, 6.07) is 9.74. The summed E-state index contributed by atoms with van der Waals surface area (Å²) in [6.45, 7) is -1.13. The van der Waals surface area contributed by atoms with Crippen molar-refractivity contribution in [2.24, 2.45) is 5.92 Å². The molecule has 0 saturated heterocycles. The molecule has 8 heteroatoms. The van der Waals surface area contributed by atoms with Crippen LogP contribution in [0.25, 0.3) is 16.5 Å². The summed E-state index contributed by atoms with van der Waals surface area (Å²) in [5.74, 6) is -2.06. The van der Waals surface area contributed by atoms with Crippen LogP contribution in [0, 0.1) is 18.7 Å². The number of carbonyl (C=O) groups is 1. The number of benzene rings is 2. The molecule has 2 N–H and O–H groups in total. The van der Waals surface area contributed by atoms with Crippen molar-refractivity contribution in [3.05, 3.63) is 71.2 Å². The average Bonchev–Trinajstić information content (AvgIpc) is 3.33. The maximum Gasteiger partial charge on any atom is 0.333 e. The molecular formula is C21H18F3N3O2. The van der Waals surface area contributed by atoms with E-state index in [0.29, 0.717) is 26.8 Å². The Bertz CT molecular complexity index is 1120. The summed E-state index contributed by atoms with van der Waals surface area (Å²) in [4.78, 5) is 12.3. The van der Waals surface area contributed by atoms with Gasteiger partial charge in [0.1, 0.15) is 5.82 Å². The average molecular weight is 401 g/mol. The Morgan fingerprint density at radius 1 is 1.31 bits per heavy atom. The van der Waals surface area contributed by atoms with Gasteiger partial charge in [-0.3, -0.25) is 10.0 Å². The minimum Gasteiger partial charge on any atom is -0.289 e. The molecule has 5 nitrogen and oxygen atoms in total. The van der Waals surface area contributed by atoms with Gasteiger partial charge in [0.05, 0.1) is 17.6 Å². The van der Waals surface area contributed by atoms with Crippen LogP contribution in [0.4, 0.5) is 13.2 Å². The number of amides is 1. The highest BCUT2D eigenvalue weighted by Gasteiger charge is 2.35. The number of aromatic nitrogens is 2. The SMILES string of the molecule is Cc1c(F)cccc1C1C=C(c2ccc3cnn(C(F)F)c3c2)CC1C(=O)NO. The highest BCUT2D eigenvalue weighted by atomic mass is 19.3. The number of halogens is 3. The van der Waals surface area contributed by atoms with Crippen LogP contribution in [-0.4, -0.2) is 20.9 Å². The Morgan fingerprint density at radius 3 is 2.83 bits per heavy atom. The molecule has 2 atom stereocenters. The minimum absolute atomic E-state index is 0.279. The Kier molecular flexibility index (Phi) is 4.87. The van der Waals surface area contributed by atoms with Crippen LogP contribution in [0.3, 0.4) is 0 Å². The van der Waals surface area contributed by atoms with Crippen LogP contribution < -0.4 is 5.48 Å². The third-order valence-corrected chi connectivity index (χ3v) is 5.52. The van der Waals surface area contributed by atoms with Gasteiger partial charge >= 0.3 is 6.55 Å². The van der Waals surface area contributed by atoms with E-state index in [4.69, 9.17) is 5.21 Å². The van der Waals surface area contributed by atoms with Crippen molar-refractivity contribution in [1.29, 1.82) is 0 Å². The largest absolute Gasteiger partial charge is 0.333 e. The monoisotopic (exact) mass is 401 g/mol. The summed E-state index contributed by atoms with van der Waals surface area (Å²) < 4.78 is 41.1. The van der Waals surface area contributed by atoms with E-state index < -0.39 is 24.3 Å². The number of hydrogen-bond donors (Lipinski definition) is 2. The lowest BCUT2D eigenvalue weighted by atomic mass is 9.85. The number of allylic oxidation sites excluding steroid dienone is 2. The molecule has 2 unspecified atom stereocenters. The van der Waals surface area contributed by atoms with E-state index >= 15 is 0 Å². The van der Waals surface area contributed by atoms with Crippen LogP contribution in [0.5, 0.6) is 0 Å². The lowest BCUT2D eigenvalue weighted by molar-refractivity contribution is -0.133. The summed E-state index contributed by atoms with van der Waals surface area (Å²) in [7, 11) is 0. The van der Waals surface area contributed by atoms with Gasteiger partial charge in [0.15, 0.2) is 0 Å². The maximum absolute atomic E-state index is 14.1. The molecule has 0 aliphatic heterocycles. The molecule has 0 bridgehead atoms. The van der Waals surface area contributed by atoms with Crippen molar-refractivity contribution in [2.75, 3.05) is 0 Å². The van der Waals surface area contributed by atoms with E-state index in [1.807, 2.05) is 6.08 Å². The van der Waals surface area contributed by atoms with Gasteiger partial charge in [-0.1, -0.05) is 30.3 Å². The Balaban J connectivity index is 1.79. The van der Waals surface area contributed by atoms with E-state index in [9.17, 15) is 18.0 Å². The fourth-order valence-electron chi connectivity index (χ4n) is 4.00. The quantitative estimate of drug-likeness (QED) is 0.497. The first-order chi connectivity index (χ1) is 13.9. The van der Waals surface area contributed by atoms with E-state index in [0.717, 1.165) is 5.57 Å². The van der Waals surface area contributed by atoms with Gasteiger partial charge in [0, 0.05) is 11.3 Å². The maximum atomic E-state index is 14.1. The Labute approximate surface area is 164 Å². The fourth-order valence-corrected chi connectivity index (χ4v) is 4.00. The third kappa shape index (κ3) is 3.29. The van der Waals surface area contributed by atoms with Crippen molar-refractivity contribution in [3.8, 4) is 0 Å². The summed E-state index contributed by atoms with van der Waals surface area (Å²) in [6.07, 6.45) is 3.49. The molecule has 3 aromatic rings. The highest BCUT2D eigenvalue weighted by Crippen LogP contribution is 2.44. The Hall–Kier alpha value is -3.13. The zero-order chi connectivity index (χ0) is 20.7. The summed E-state index contributed by atoms with van der Waals surface area (Å²) in [5.41, 5.74) is 4.47. The van der Waals surface area contributed by atoms with E-state index in [1.54, 1.807) is 42.7 Å². The predicted molar refractivity (Wildman–Crippen MR) is 101 cm³/mol. The molecule has 1 aliphatic carbocycles. The molecule has 150 valence electrons. The zero-order valence-corrected chi connectivity index (χ0v) is 15.4. The van der Waals surface area contributed by atoms with Crippen molar-refractivity contribution in [2.45, 2.75) is 25.8 Å². The molecular weight excluding hydrogens is 383 g/mol. The van der Waals surface area contributed by atoms with Crippen LogP contribution in [0.1, 0.15) is 35.6 Å². The van der Waals surface area contributed by atoms with Crippen molar-refractivity contribution >= 4 is 22.4 Å². The number of hydrogen-bond acceptors (Lipinski definition) is 3. The van der Waals surface area contributed by atoms with Crippen LogP contribution in [0.2, 0.25) is 0 Å². The number of rotatable bonds is 4. The molecule has 29 heavy (non-hydrogen) atoms. The molecule has 1 aliphatic rings. The van der Waals surface area contributed by atoms with Crippen LogP contribution in [0.15, 0.2) is 48.7 Å². The van der Waals surface area contributed by atoms with Crippen LogP contribution in [-0.2, 0) is 4.79 Å².